The second-order valence-electron chi connectivity index (χ2n) is 3.40. The van der Waals surface area contributed by atoms with Gasteiger partial charge in [-0.15, -0.1) is 0 Å². The molecule has 3 nitrogen and oxygen atoms in total. The summed E-state index contributed by atoms with van der Waals surface area (Å²) in [6.45, 7) is 1.44. The summed E-state index contributed by atoms with van der Waals surface area (Å²) in [5.41, 5.74) is 1.26. The van der Waals surface area contributed by atoms with E-state index in [0.717, 1.165) is 16.6 Å². The standard InChI is InChI=1S/C12H14N2OS/c1-15-9-11-8-14-12(16-11)13-7-10-5-3-2-4-6-10/h2-6,8H,7,9H2,1H3,(H,13,14). The van der Waals surface area contributed by atoms with Gasteiger partial charge in [0.15, 0.2) is 5.13 Å². The lowest BCUT2D eigenvalue weighted by Crippen LogP contribution is -1.97. The topological polar surface area (TPSA) is 34.1 Å². The quantitative estimate of drug-likeness (QED) is 0.863. The first kappa shape index (κ1) is 11.1. The molecule has 1 aromatic heterocycles. The highest BCUT2D eigenvalue weighted by molar-refractivity contribution is 7.15. The number of nitrogens with zero attached hydrogens (tertiary/aromatic N) is 1. The molecule has 0 fully saturated rings. The second-order valence-corrected chi connectivity index (χ2v) is 4.52. The van der Waals surface area contributed by atoms with Crippen molar-refractivity contribution >= 4 is 16.5 Å². The summed E-state index contributed by atoms with van der Waals surface area (Å²) in [6, 6.07) is 10.3. The van der Waals surface area contributed by atoms with E-state index in [1.54, 1.807) is 18.4 Å². The molecule has 0 amide bonds. The maximum Gasteiger partial charge on any atom is 0.183 e. The number of anilines is 1. The number of hydrogen-bond donors (Lipinski definition) is 1. The number of hydrogen-bond acceptors (Lipinski definition) is 4. The van der Waals surface area contributed by atoms with Crippen molar-refractivity contribution in [2.75, 3.05) is 12.4 Å². The van der Waals surface area contributed by atoms with Crippen LogP contribution in [0.5, 0.6) is 0 Å². The predicted molar refractivity (Wildman–Crippen MR) is 66.6 cm³/mol. The molecule has 0 saturated heterocycles. The molecule has 0 saturated carbocycles. The average molecular weight is 234 g/mol. The van der Waals surface area contributed by atoms with Gasteiger partial charge in [0.2, 0.25) is 0 Å². The number of ether oxygens (including phenoxy) is 1. The zero-order chi connectivity index (χ0) is 11.2. The first-order chi connectivity index (χ1) is 7.88. The Kier molecular flexibility index (Phi) is 3.91. The van der Waals surface area contributed by atoms with Gasteiger partial charge in [0.05, 0.1) is 11.5 Å². The molecule has 0 bridgehead atoms. The minimum Gasteiger partial charge on any atom is -0.379 e. The molecule has 0 atom stereocenters. The molecule has 1 N–H and O–H groups in total. The summed E-state index contributed by atoms with van der Waals surface area (Å²) in [6.07, 6.45) is 1.85. The summed E-state index contributed by atoms with van der Waals surface area (Å²) in [4.78, 5) is 5.41. The van der Waals surface area contributed by atoms with Gasteiger partial charge in [0.1, 0.15) is 0 Å². The molecule has 4 heteroatoms. The number of rotatable bonds is 5. The van der Waals surface area contributed by atoms with Crippen LogP contribution in [0.15, 0.2) is 36.5 Å². The average Bonchev–Trinajstić information content (AvgIpc) is 2.76. The van der Waals surface area contributed by atoms with Gasteiger partial charge in [0, 0.05) is 19.9 Å². The van der Waals surface area contributed by atoms with Crippen LogP contribution in [0.1, 0.15) is 10.4 Å². The zero-order valence-corrected chi connectivity index (χ0v) is 9.96. The molecular formula is C12H14N2OS. The minimum atomic E-state index is 0.630. The van der Waals surface area contributed by atoms with Crippen LogP contribution < -0.4 is 5.32 Å². The van der Waals surface area contributed by atoms with E-state index in [-0.39, 0.29) is 0 Å². The maximum absolute atomic E-state index is 5.05. The molecular weight excluding hydrogens is 220 g/mol. The van der Waals surface area contributed by atoms with E-state index < -0.39 is 0 Å². The summed E-state index contributed by atoms with van der Waals surface area (Å²) in [5, 5.41) is 4.23. The van der Waals surface area contributed by atoms with Crippen molar-refractivity contribution in [2.45, 2.75) is 13.2 Å². The number of methoxy groups -OCH3 is 1. The highest BCUT2D eigenvalue weighted by Crippen LogP contribution is 2.19. The van der Waals surface area contributed by atoms with Crippen LogP contribution in [0.4, 0.5) is 5.13 Å². The van der Waals surface area contributed by atoms with Crippen molar-refractivity contribution in [1.29, 1.82) is 0 Å². The molecule has 1 aromatic carbocycles. The van der Waals surface area contributed by atoms with Gasteiger partial charge >= 0.3 is 0 Å². The van der Waals surface area contributed by atoms with Crippen LogP contribution in [0.3, 0.4) is 0 Å². The lowest BCUT2D eigenvalue weighted by atomic mass is 10.2. The van der Waals surface area contributed by atoms with E-state index in [4.69, 9.17) is 4.74 Å². The summed E-state index contributed by atoms with van der Waals surface area (Å²) in [5.74, 6) is 0. The fourth-order valence-electron chi connectivity index (χ4n) is 1.37. The first-order valence-corrected chi connectivity index (χ1v) is 5.91. The van der Waals surface area contributed by atoms with Crippen molar-refractivity contribution < 1.29 is 4.74 Å². The predicted octanol–water partition coefficient (Wildman–Crippen LogP) is 2.90. The monoisotopic (exact) mass is 234 g/mol. The van der Waals surface area contributed by atoms with E-state index in [2.05, 4.69) is 22.4 Å². The molecule has 1 heterocycles. The van der Waals surface area contributed by atoms with E-state index in [0.29, 0.717) is 6.61 Å². The van der Waals surface area contributed by atoms with Gasteiger partial charge in [0.25, 0.3) is 0 Å². The highest BCUT2D eigenvalue weighted by Gasteiger charge is 2.00. The summed E-state index contributed by atoms with van der Waals surface area (Å²) in [7, 11) is 1.69. The zero-order valence-electron chi connectivity index (χ0n) is 9.14. The molecule has 0 aliphatic rings. The van der Waals surface area contributed by atoms with Crippen molar-refractivity contribution in [2.24, 2.45) is 0 Å². The molecule has 0 aliphatic carbocycles. The largest absolute Gasteiger partial charge is 0.379 e. The molecule has 2 rings (SSSR count). The highest BCUT2D eigenvalue weighted by atomic mass is 32.1. The van der Waals surface area contributed by atoms with Gasteiger partial charge in [-0.25, -0.2) is 4.98 Å². The minimum absolute atomic E-state index is 0.630. The van der Waals surface area contributed by atoms with Crippen LogP contribution in [0.25, 0.3) is 0 Å². The Morgan fingerprint density at radius 1 is 1.31 bits per heavy atom. The van der Waals surface area contributed by atoms with E-state index in [9.17, 15) is 0 Å². The van der Waals surface area contributed by atoms with Crippen molar-refractivity contribution in [1.82, 2.24) is 4.98 Å². The number of nitrogens with one attached hydrogen (secondary N) is 1. The Morgan fingerprint density at radius 2 is 2.12 bits per heavy atom. The maximum atomic E-state index is 5.05. The van der Waals surface area contributed by atoms with Crippen LogP contribution in [0.2, 0.25) is 0 Å². The molecule has 2 aromatic rings. The Bertz CT molecular complexity index is 428. The molecule has 0 aliphatic heterocycles. The van der Waals surface area contributed by atoms with Gasteiger partial charge < -0.3 is 10.1 Å². The SMILES string of the molecule is COCc1cnc(NCc2ccccc2)s1. The fourth-order valence-corrected chi connectivity index (χ4v) is 2.15. The Hall–Kier alpha value is -1.39. The second kappa shape index (κ2) is 5.63. The van der Waals surface area contributed by atoms with Crippen molar-refractivity contribution in [3.63, 3.8) is 0 Å². The van der Waals surface area contributed by atoms with Crippen LogP contribution in [-0.4, -0.2) is 12.1 Å². The van der Waals surface area contributed by atoms with Crippen LogP contribution in [-0.2, 0) is 17.9 Å². The van der Waals surface area contributed by atoms with E-state index in [1.807, 2.05) is 24.4 Å². The normalized spacial score (nSPS) is 10.3. The molecule has 0 radical (unpaired) electrons. The fraction of sp³-hybridized carbons (Fsp3) is 0.250. The van der Waals surface area contributed by atoms with Crippen LogP contribution >= 0.6 is 11.3 Å². The summed E-state index contributed by atoms with van der Waals surface area (Å²) < 4.78 is 5.05. The van der Waals surface area contributed by atoms with E-state index in [1.165, 1.54) is 5.56 Å². The lowest BCUT2D eigenvalue weighted by Gasteiger charge is -2.01. The third-order valence-electron chi connectivity index (χ3n) is 2.13. The number of thiazole rings is 1. The first-order valence-electron chi connectivity index (χ1n) is 5.10. The lowest BCUT2D eigenvalue weighted by molar-refractivity contribution is 0.187. The smallest absolute Gasteiger partial charge is 0.183 e. The Balaban J connectivity index is 1.89. The Morgan fingerprint density at radius 3 is 2.88 bits per heavy atom. The van der Waals surface area contributed by atoms with Crippen LogP contribution in [0, 0.1) is 0 Å². The van der Waals surface area contributed by atoms with Gasteiger partial charge in [-0.2, -0.15) is 0 Å². The third kappa shape index (κ3) is 3.05. The molecule has 0 spiro atoms. The van der Waals surface area contributed by atoms with E-state index >= 15 is 0 Å². The van der Waals surface area contributed by atoms with Gasteiger partial charge in [-0.1, -0.05) is 41.7 Å². The summed E-state index contributed by atoms with van der Waals surface area (Å²) >= 11 is 1.63. The van der Waals surface area contributed by atoms with Crippen molar-refractivity contribution in [3.8, 4) is 0 Å². The van der Waals surface area contributed by atoms with Gasteiger partial charge in [-0.05, 0) is 5.56 Å². The molecule has 0 unspecified atom stereocenters. The third-order valence-corrected chi connectivity index (χ3v) is 3.06. The molecule has 84 valence electrons. The number of benzene rings is 1. The molecule has 16 heavy (non-hydrogen) atoms. The van der Waals surface area contributed by atoms with Crippen molar-refractivity contribution in [3.05, 3.63) is 47.0 Å². The van der Waals surface area contributed by atoms with Gasteiger partial charge in [-0.3, -0.25) is 0 Å². The number of aromatic nitrogens is 1. The Labute approximate surface area is 99.1 Å².